The van der Waals surface area contributed by atoms with Crippen LogP contribution in [0.25, 0.3) is 0 Å². The van der Waals surface area contributed by atoms with E-state index in [4.69, 9.17) is 14.2 Å². The molecule has 0 heterocycles. The van der Waals surface area contributed by atoms with E-state index in [2.05, 4.69) is 0 Å². The van der Waals surface area contributed by atoms with Crippen LogP contribution in [-0.4, -0.2) is 61.0 Å². The molecule has 0 aromatic heterocycles. The lowest BCUT2D eigenvalue weighted by Crippen LogP contribution is -2.25. The van der Waals surface area contributed by atoms with Crippen molar-refractivity contribution in [2.45, 2.75) is 32.2 Å². The minimum Gasteiger partial charge on any atom is -0.366 e. The van der Waals surface area contributed by atoms with E-state index in [0.29, 0.717) is 6.73 Å². The SMILES string of the molecule is CCOC(OCC)[SiH2]CCCOCN(C)C. The molecule has 0 aromatic rings. The first-order valence-electron chi connectivity index (χ1n) is 6.16. The molecule has 0 aliphatic rings. The summed E-state index contributed by atoms with van der Waals surface area (Å²) in [5.41, 5.74) is 0. The second-order valence-electron chi connectivity index (χ2n) is 3.95. The smallest absolute Gasteiger partial charge is 0.134 e. The van der Waals surface area contributed by atoms with E-state index in [1.807, 2.05) is 32.8 Å². The summed E-state index contributed by atoms with van der Waals surface area (Å²) < 4.78 is 16.5. The lowest BCUT2D eigenvalue weighted by Gasteiger charge is -2.16. The molecule has 0 aliphatic carbocycles. The molecular formula is C11H27NO3Si. The second kappa shape index (κ2) is 11.5. The topological polar surface area (TPSA) is 30.9 Å². The fourth-order valence-corrected chi connectivity index (χ4v) is 2.98. The summed E-state index contributed by atoms with van der Waals surface area (Å²) in [5, 5.41) is 0. The number of hydrogen-bond donors (Lipinski definition) is 0. The van der Waals surface area contributed by atoms with Crippen LogP contribution in [-0.2, 0) is 14.2 Å². The van der Waals surface area contributed by atoms with E-state index in [9.17, 15) is 0 Å². The molecule has 5 heteroatoms. The third-order valence-corrected chi connectivity index (χ3v) is 3.88. The van der Waals surface area contributed by atoms with Crippen molar-refractivity contribution in [2.75, 3.05) is 40.6 Å². The van der Waals surface area contributed by atoms with Gasteiger partial charge in [0.2, 0.25) is 0 Å². The highest BCUT2D eigenvalue weighted by molar-refractivity contribution is 6.36. The van der Waals surface area contributed by atoms with Gasteiger partial charge in [0.1, 0.15) is 5.91 Å². The monoisotopic (exact) mass is 249 g/mol. The standard InChI is InChI=1S/C11H27NO3Si/c1-5-14-11(15-6-2)16-9-7-8-13-10-12(3)4/h11H,5-10,16H2,1-4H3. The van der Waals surface area contributed by atoms with Crippen molar-refractivity contribution >= 4 is 9.52 Å². The van der Waals surface area contributed by atoms with Crippen molar-refractivity contribution in [3.05, 3.63) is 0 Å². The lowest BCUT2D eigenvalue weighted by atomic mass is 10.5. The molecule has 98 valence electrons. The minimum atomic E-state index is -0.282. The maximum Gasteiger partial charge on any atom is 0.134 e. The quantitative estimate of drug-likeness (QED) is 0.309. The highest BCUT2D eigenvalue weighted by Gasteiger charge is 2.07. The Balaban J connectivity index is 3.32. The highest BCUT2D eigenvalue weighted by Crippen LogP contribution is 1.99. The molecule has 0 unspecified atom stereocenters. The van der Waals surface area contributed by atoms with Gasteiger partial charge in [-0.2, -0.15) is 0 Å². The largest absolute Gasteiger partial charge is 0.366 e. The van der Waals surface area contributed by atoms with E-state index >= 15 is 0 Å². The normalized spacial score (nSPS) is 12.4. The third kappa shape index (κ3) is 10.6. The molecule has 0 saturated heterocycles. The number of hydrogen-bond acceptors (Lipinski definition) is 4. The fraction of sp³-hybridized carbons (Fsp3) is 1.00. The molecule has 0 rings (SSSR count). The Morgan fingerprint density at radius 1 is 1.12 bits per heavy atom. The predicted octanol–water partition coefficient (Wildman–Crippen LogP) is 0.856. The molecule has 0 aliphatic heterocycles. The van der Waals surface area contributed by atoms with Crippen molar-refractivity contribution in [2.24, 2.45) is 0 Å². The molecule has 0 N–H and O–H groups in total. The second-order valence-corrected chi connectivity index (χ2v) is 5.90. The van der Waals surface area contributed by atoms with Crippen molar-refractivity contribution in [1.82, 2.24) is 4.90 Å². The summed E-state index contributed by atoms with van der Waals surface area (Å²) in [6.07, 6.45) is 1.12. The Kier molecular flexibility index (Phi) is 11.6. The highest BCUT2D eigenvalue weighted by atomic mass is 28.2. The average molecular weight is 249 g/mol. The zero-order valence-electron chi connectivity index (χ0n) is 11.2. The summed E-state index contributed by atoms with van der Waals surface area (Å²) in [6, 6.07) is 1.22. The molecule has 0 bridgehead atoms. The summed E-state index contributed by atoms with van der Waals surface area (Å²) in [7, 11) is 3.74. The van der Waals surface area contributed by atoms with Gasteiger partial charge in [0.25, 0.3) is 0 Å². The molecular weight excluding hydrogens is 222 g/mol. The maximum absolute atomic E-state index is 5.52. The molecule has 0 spiro atoms. The molecule has 0 radical (unpaired) electrons. The molecule has 0 aromatic carbocycles. The van der Waals surface area contributed by atoms with Gasteiger partial charge in [-0.05, 0) is 34.4 Å². The van der Waals surface area contributed by atoms with Gasteiger partial charge in [0.15, 0.2) is 0 Å². The van der Waals surface area contributed by atoms with Crippen LogP contribution >= 0.6 is 0 Å². The van der Waals surface area contributed by atoms with Crippen LogP contribution in [0.15, 0.2) is 0 Å². The Morgan fingerprint density at radius 3 is 2.25 bits per heavy atom. The van der Waals surface area contributed by atoms with Crippen LogP contribution in [0.3, 0.4) is 0 Å². The molecule has 0 fully saturated rings. The van der Waals surface area contributed by atoms with Crippen LogP contribution in [0.2, 0.25) is 6.04 Å². The molecule has 0 amide bonds. The van der Waals surface area contributed by atoms with E-state index in [1.165, 1.54) is 6.04 Å². The van der Waals surface area contributed by atoms with Crippen LogP contribution in [0.4, 0.5) is 0 Å². The lowest BCUT2D eigenvalue weighted by molar-refractivity contribution is -0.0828. The van der Waals surface area contributed by atoms with Crippen LogP contribution in [0, 0.1) is 0 Å². The first-order chi connectivity index (χ1) is 7.70. The zero-order valence-corrected chi connectivity index (χ0v) is 12.6. The van der Waals surface area contributed by atoms with Crippen molar-refractivity contribution in [1.29, 1.82) is 0 Å². The molecule has 4 nitrogen and oxygen atoms in total. The van der Waals surface area contributed by atoms with Gasteiger partial charge >= 0.3 is 0 Å². The number of ether oxygens (including phenoxy) is 3. The van der Waals surface area contributed by atoms with Crippen LogP contribution < -0.4 is 0 Å². The van der Waals surface area contributed by atoms with Gasteiger partial charge in [-0.3, -0.25) is 4.90 Å². The Bertz CT molecular complexity index is 141. The third-order valence-electron chi connectivity index (χ3n) is 2.03. The average Bonchev–Trinajstić information content (AvgIpc) is 2.23. The number of rotatable bonds is 11. The molecule has 0 saturated carbocycles. The summed E-state index contributed by atoms with van der Waals surface area (Å²) in [4.78, 5) is 2.03. The van der Waals surface area contributed by atoms with Gasteiger partial charge in [-0.15, -0.1) is 0 Å². The van der Waals surface area contributed by atoms with Gasteiger partial charge in [-0.1, -0.05) is 6.04 Å². The van der Waals surface area contributed by atoms with E-state index in [0.717, 1.165) is 26.2 Å². The zero-order chi connectivity index (χ0) is 12.2. The van der Waals surface area contributed by atoms with Gasteiger partial charge in [0.05, 0.1) is 16.3 Å². The first-order valence-corrected chi connectivity index (χ1v) is 7.98. The van der Waals surface area contributed by atoms with Crippen molar-refractivity contribution in [3.63, 3.8) is 0 Å². The molecule has 0 atom stereocenters. The van der Waals surface area contributed by atoms with Crippen LogP contribution in [0.1, 0.15) is 20.3 Å². The van der Waals surface area contributed by atoms with Gasteiger partial charge < -0.3 is 14.2 Å². The Morgan fingerprint density at radius 2 is 1.75 bits per heavy atom. The van der Waals surface area contributed by atoms with E-state index in [-0.39, 0.29) is 15.4 Å². The van der Waals surface area contributed by atoms with Gasteiger partial charge in [-0.25, -0.2) is 0 Å². The minimum absolute atomic E-state index is 0.101. The first kappa shape index (κ1) is 16.1. The van der Waals surface area contributed by atoms with Gasteiger partial charge in [0, 0.05) is 19.8 Å². The van der Waals surface area contributed by atoms with E-state index in [1.54, 1.807) is 0 Å². The summed E-state index contributed by atoms with van der Waals surface area (Å²) >= 11 is 0. The fourth-order valence-electron chi connectivity index (χ4n) is 1.35. The Hall–Kier alpha value is 0.0569. The predicted molar refractivity (Wildman–Crippen MR) is 69.5 cm³/mol. The number of nitrogens with zero attached hydrogens (tertiary/aromatic N) is 1. The van der Waals surface area contributed by atoms with Crippen LogP contribution in [0.5, 0.6) is 0 Å². The van der Waals surface area contributed by atoms with E-state index < -0.39 is 0 Å². The summed E-state index contributed by atoms with van der Waals surface area (Å²) in [6.45, 7) is 7.07. The van der Waals surface area contributed by atoms with Crippen molar-refractivity contribution in [3.8, 4) is 0 Å². The molecule has 16 heavy (non-hydrogen) atoms. The summed E-state index contributed by atoms with van der Waals surface area (Å²) in [5.74, 6) is 0.101. The Labute approximate surface area is 102 Å². The maximum atomic E-state index is 5.52. The van der Waals surface area contributed by atoms with Crippen molar-refractivity contribution < 1.29 is 14.2 Å².